The first-order chi connectivity index (χ1) is 9.91. The van der Waals surface area contributed by atoms with Gasteiger partial charge >= 0.3 is 5.97 Å². The van der Waals surface area contributed by atoms with Crippen LogP contribution in [0.1, 0.15) is 44.0 Å². The molecule has 0 unspecified atom stereocenters. The summed E-state index contributed by atoms with van der Waals surface area (Å²) >= 11 is 0. The lowest BCUT2D eigenvalue weighted by Crippen LogP contribution is -2.06. The van der Waals surface area contributed by atoms with Crippen LogP contribution in [0.2, 0.25) is 0 Å². The van der Waals surface area contributed by atoms with Gasteiger partial charge in [0.1, 0.15) is 23.7 Å². The third kappa shape index (κ3) is 5.81. The maximum Gasteiger partial charge on any atom is 0.342 e. The number of aromatic carboxylic acids is 1. The van der Waals surface area contributed by atoms with Crippen LogP contribution in [-0.2, 0) is 0 Å². The second-order valence-electron chi connectivity index (χ2n) is 5.10. The molecule has 0 aliphatic heterocycles. The Morgan fingerprint density at radius 2 is 2.00 bits per heavy atom. The molecule has 21 heavy (non-hydrogen) atoms. The molecule has 0 amide bonds. The van der Waals surface area contributed by atoms with Gasteiger partial charge in [-0.25, -0.2) is 9.18 Å². The minimum absolute atomic E-state index is 0.0517. The average molecular weight is 292 g/mol. The summed E-state index contributed by atoms with van der Waals surface area (Å²) in [6.45, 7) is 6.33. The molecule has 0 saturated carbocycles. The molecule has 1 aromatic carbocycles. The predicted molar refractivity (Wildman–Crippen MR) is 81.3 cm³/mol. The molecule has 4 heteroatoms. The SMILES string of the molecule is CC(C)=CCC/C(C)=C/COc1cccc(F)c1C(=O)O. The third-order valence-electron chi connectivity index (χ3n) is 2.95. The molecular weight excluding hydrogens is 271 g/mol. The minimum atomic E-state index is -1.33. The van der Waals surface area contributed by atoms with Crippen molar-refractivity contribution in [2.24, 2.45) is 0 Å². The van der Waals surface area contributed by atoms with Crippen molar-refractivity contribution in [2.45, 2.75) is 33.6 Å². The summed E-state index contributed by atoms with van der Waals surface area (Å²) in [5.74, 6) is -2.06. The van der Waals surface area contributed by atoms with E-state index >= 15 is 0 Å². The normalized spacial score (nSPS) is 11.1. The van der Waals surface area contributed by atoms with E-state index in [1.165, 1.54) is 17.7 Å². The van der Waals surface area contributed by atoms with Crippen LogP contribution in [0.5, 0.6) is 5.75 Å². The topological polar surface area (TPSA) is 46.5 Å². The highest BCUT2D eigenvalue weighted by atomic mass is 19.1. The average Bonchev–Trinajstić information content (AvgIpc) is 2.37. The number of carboxylic acids is 1. The molecule has 0 saturated heterocycles. The number of allylic oxidation sites excluding steroid dienone is 3. The molecule has 0 atom stereocenters. The Balaban J connectivity index is 2.62. The lowest BCUT2D eigenvalue weighted by Gasteiger charge is -2.08. The largest absolute Gasteiger partial charge is 0.489 e. The van der Waals surface area contributed by atoms with Gasteiger partial charge in [-0.15, -0.1) is 0 Å². The second-order valence-corrected chi connectivity index (χ2v) is 5.10. The zero-order chi connectivity index (χ0) is 15.8. The Morgan fingerprint density at radius 1 is 1.29 bits per heavy atom. The summed E-state index contributed by atoms with van der Waals surface area (Å²) in [7, 11) is 0. The summed E-state index contributed by atoms with van der Waals surface area (Å²) in [6, 6.07) is 4.00. The highest BCUT2D eigenvalue weighted by Gasteiger charge is 2.16. The molecule has 0 aliphatic rings. The Bertz CT molecular complexity index is 555. The Hall–Kier alpha value is -2.10. The van der Waals surface area contributed by atoms with Crippen LogP contribution in [0.15, 0.2) is 41.5 Å². The first-order valence-corrected chi connectivity index (χ1v) is 6.85. The number of hydrogen-bond acceptors (Lipinski definition) is 2. The second kappa shape index (κ2) is 8.25. The third-order valence-corrected chi connectivity index (χ3v) is 2.95. The van der Waals surface area contributed by atoms with Gasteiger partial charge in [0, 0.05) is 0 Å². The van der Waals surface area contributed by atoms with Gasteiger partial charge in [-0.1, -0.05) is 23.3 Å². The van der Waals surface area contributed by atoms with Crippen molar-refractivity contribution in [2.75, 3.05) is 6.61 Å². The number of carbonyl (C=O) groups is 1. The van der Waals surface area contributed by atoms with Crippen LogP contribution in [0, 0.1) is 5.82 Å². The fourth-order valence-corrected chi connectivity index (χ4v) is 1.80. The summed E-state index contributed by atoms with van der Waals surface area (Å²) in [4.78, 5) is 11.0. The van der Waals surface area contributed by atoms with Crippen molar-refractivity contribution >= 4 is 5.97 Å². The monoisotopic (exact) mass is 292 g/mol. The van der Waals surface area contributed by atoms with Crippen molar-refractivity contribution in [3.05, 3.63) is 52.9 Å². The van der Waals surface area contributed by atoms with Crippen LogP contribution < -0.4 is 4.74 Å². The standard InChI is InChI=1S/C17H21FO3/c1-12(2)6-4-7-13(3)10-11-21-15-9-5-8-14(18)16(15)17(19)20/h5-6,8-10H,4,7,11H2,1-3H3,(H,19,20)/b13-10+. The van der Waals surface area contributed by atoms with E-state index in [1.807, 2.05) is 13.0 Å². The summed E-state index contributed by atoms with van der Waals surface area (Å²) in [5.41, 5.74) is 2.01. The van der Waals surface area contributed by atoms with E-state index in [9.17, 15) is 9.18 Å². The highest BCUT2D eigenvalue weighted by Crippen LogP contribution is 2.21. The molecule has 0 bridgehead atoms. The molecule has 0 heterocycles. The summed E-state index contributed by atoms with van der Waals surface area (Å²) in [6.07, 6.45) is 5.93. The molecule has 0 aromatic heterocycles. The summed E-state index contributed by atoms with van der Waals surface area (Å²) < 4.78 is 18.8. The van der Waals surface area contributed by atoms with E-state index in [1.54, 1.807) is 0 Å². The van der Waals surface area contributed by atoms with Gasteiger partial charge in [0.25, 0.3) is 0 Å². The lowest BCUT2D eigenvalue weighted by molar-refractivity contribution is 0.0687. The molecule has 0 spiro atoms. The zero-order valence-electron chi connectivity index (χ0n) is 12.6. The first kappa shape index (κ1) is 17.0. The maximum absolute atomic E-state index is 13.4. The number of ether oxygens (including phenoxy) is 1. The van der Waals surface area contributed by atoms with Gasteiger partial charge in [0.2, 0.25) is 0 Å². The molecule has 1 N–H and O–H groups in total. The van der Waals surface area contributed by atoms with E-state index in [4.69, 9.17) is 9.84 Å². The smallest absolute Gasteiger partial charge is 0.342 e. The molecule has 0 radical (unpaired) electrons. The van der Waals surface area contributed by atoms with E-state index in [0.717, 1.165) is 24.5 Å². The van der Waals surface area contributed by atoms with Gasteiger partial charge in [-0.3, -0.25) is 0 Å². The number of hydrogen-bond donors (Lipinski definition) is 1. The maximum atomic E-state index is 13.4. The Labute approximate surface area is 124 Å². The van der Waals surface area contributed by atoms with Crippen molar-refractivity contribution < 1.29 is 19.0 Å². The Kier molecular flexibility index (Phi) is 6.66. The van der Waals surface area contributed by atoms with E-state index in [-0.39, 0.29) is 12.4 Å². The van der Waals surface area contributed by atoms with Crippen LogP contribution in [0.25, 0.3) is 0 Å². The van der Waals surface area contributed by atoms with Crippen molar-refractivity contribution in [1.29, 1.82) is 0 Å². The van der Waals surface area contributed by atoms with E-state index in [2.05, 4.69) is 19.9 Å². The van der Waals surface area contributed by atoms with Gasteiger partial charge in [0.05, 0.1) is 0 Å². The van der Waals surface area contributed by atoms with Crippen LogP contribution in [-0.4, -0.2) is 17.7 Å². The number of halogens is 1. The number of carboxylic acid groups (broad SMARTS) is 1. The minimum Gasteiger partial charge on any atom is -0.489 e. The lowest BCUT2D eigenvalue weighted by atomic mass is 10.1. The highest BCUT2D eigenvalue weighted by molar-refractivity contribution is 5.91. The Morgan fingerprint density at radius 3 is 2.62 bits per heavy atom. The van der Waals surface area contributed by atoms with E-state index in [0.29, 0.717) is 0 Å². The van der Waals surface area contributed by atoms with Crippen LogP contribution in [0.3, 0.4) is 0 Å². The molecule has 1 aromatic rings. The zero-order valence-corrected chi connectivity index (χ0v) is 12.6. The molecule has 114 valence electrons. The van der Waals surface area contributed by atoms with Crippen molar-refractivity contribution in [1.82, 2.24) is 0 Å². The van der Waals surface area contributed by atoms with Crippen molar-refractivity contribution in [3.63, 3.8) is 0 Å². The molecule has 3 nitrogen and oxygen atoms in total. The molecule has 0 aliphatic carbocycles. The molecular formula is C17H21FO3. The van der Waals surface area contributed by atoms with Gasteiger partial charge in [0.15, 0.2) is 0 Å². The van der Waals surface area contributed by atoms with Crippen LogP contribution >= 0.6 is 0 Å². The van der Waals surface area contributed by atoms with Crippen molar-refractivity contribution in [3.8, 4) is 5.75 Å². The molecule has 1 rings (SSSR count). The fourth-order valence-electron chi connectivity index (χ4n) is 1.80. The first-order valence-electron chi connectivity index (χ1n) is 6.85. The number of benzene rings is 1. The predicted octanol–water partition coefficient (Wildman–Crippen LogP) is 4.60. The van der Waals surface area contributed by atoms with Gasteiger partial charge in [-0.2, -0.15) is 0 Å². The summed E-state index contributed by atoms with van der Waals surface area (Å²) in [5, 5.41) is 8.98. The molecule has 0 fully saturated rings. The quantitative estimate of drug-likeness (QED) is 0.747. The van der Waals surface area contributed by atoms with Gasteiger partial charge < -0.3 is 9.84 Å². The van der Waals surface area contributed by atoms with Gasteiger partial charge in [-0.05, 0) is 51.8 Å². The van der Waals surface area contributed by atoms with Crippen LogP contribution in [0.4, 0.5) is 4.39 Å². The van der Waals surface area contributed by atoms with E-state index < -0.39 is 17.3 Å². The number of rotatable bonds is 7. The fraction of sp³-hybridized carbons (Fsp3) is 0.353.